The summed E-state index contributed by atoms with van der Waals surface area (Å²) in [6.07, 6.45) is 3.04. The number of rotatable bonds is 10. The van der Waals surface area contributed by atoms with E-state index >= 15 is 0 Å². The van der Waals surface area contributed by atoms with Crippen molar-refractivity contribution in [1.29, 1.82) is 0 Å². The maximum absolute atomic E-state index is 12.1. The fourth-order valence-electron chi connectivity index (χ4n) is 4.01. The van der Waals surface area contributed by atoms with Gasteiger partial charge in [-0.05, 0) is 55.0 Å². The van der Waals surface area contributed by atoms with E-state index in [4.69, 9.17) is 19.4 Å². The number of hydrogen-bond acceptors (Lipinski definition) is 7. The van der Waals surface area contributed by atoms with Crippen molar-refractivity contribution in [3.63, 3.8) is 0 Å². The third-order valence-corrected chi connectivity index (χ3v) is 5.81. The van der Waals surface area contributed by atoms with Crippen LogP contribution in [0.1, 0.15) is 19.8 Å². The minimum atomic E-state index is -0.0166. The summed E-state index contributed by atoms with van der Waals surface area (Å²) in [6, 6.07) is 19.2. The van der Waals surface area contributed by atoms with Crippen molar-refractivity contribution in [3.05, 3.63) is 66.9 Å². The van der Waals surface area contributed by atoms with E-state index in [2.05, 4.69) is 20.8 Å². The number of methoxy groups -OCH3 is 1. The number of halogens is 1. The van der Waals surface area contributed by atoms with Gasteiger partial charge in [-0.2, -0.15) is 5.10 Å². The fraction of sp³-hybridized carbons (Fsp3) is 0.214. The smallest absolute Gasteiger partial charge is 0.224 e. The van der Waals surface area contributed by atoms with E-state index in [1.54, 1.807) is 13.3 Å². The van der Waals surface area contributed by atoms with Gasteiger partial charge in [-0.25, -0.2) is 9.97 Å². The molecule has 0 spiro atoms. The average molecular weight is 533 g/mol. The third kappa shape index (κ3) is 6.19. The Morgan fingerprint density at radius 1 is 1.00 bits per heavy atom. The lowest BCUT2D eigenvalue weighted by Gasteiger charge is -2.13. The van der Waals surface area contributed by atoms with E-state index < -0.39 is 0 Å². The number of nitrogens with one attached hydrogen (secondary N) is 3. The summed E-state index contributed by atoms with van der Waals surface area (Å²) in [5.74, 6) is 1.87. The number of aromatic amines is 1. The van der Waals surface area contributed by atoms with Crippen LogP contribution in [0.5, 0.6) is 5.75 Å². The third-order valence-electron chi connectivity index (χ3n) is 5.81. The van der Waals surface area contributed by atoms with Crippen molar-refractivity contribution in [2.24, 2.45) is 0 Å². The molecule has 3 N–H and O–H groups in total. The van der Waals surface area contributed by atoms with Crippen molar-refractivity contribution >= 4 is 57.3 Å². The Balaban J connectivity index is 0.00000336. The van der Waals surface area contributed by atoms with E-state index in [1.165, 1.54) is 0 Å². The summed E-state index contributed by atoms with van der Waals surface area (Å²) in [4.78, 5) is 21.8. The Morgan fingerprint density at radius 3 is 2.74 bits per heavy atom. The van der Waals surface area contributed by atoms with Gasteiger partial charge in [0, 0.05) is 41.2 Å². The predicted molar refractivity (Wildman–Crippen MR) is 153 cm³/mol. The van der Waals surface area contributed by atoms with Gasteiger partial charge in [0.05, 0.1) is 23.8 Å². The molecule has 0 unspecified atom stereocenters. The van der Waals surface area contributed by atoms with Crippen LogP contribution < -0.4 is 15.4 Å². The molecular weight excluding hydrogens is 504 g/mol. The molecule has 0 fully saturated rings. The SMILES string of the molecule is CCCC(=O)Nc1cccc(-c2nc(Nc3ccc4[nH]ncc4c3)c3cc(OCCOC)ccc3n2)c1.Cl. The second-order valence-corrected chi connectivity index (χ2v) is 8.59. The summed E-state index contributed by atoms with van der Waals surface area (Å²) in [7, 11) is 1.64. The van der Waals surface area contributed by atoms with Gasteiger partial charge in [-0.15, -0.1) is 12.4 Å². The fourth-order valence-corrected chi connectivity index (χ4v) is 4.01. The highest BCUT2D eigenvalue weighted by molar-refractivity contribution is 5.95. The number of hydrogen-bond donors (Lipinski definition) is 3. The molecule has 2 aromatic heterocycles. The van der Waals surface area contributed by atoms with Gasteiger partial charge in [-0.3, -0.25) is 9.89 Å². The number of nitrogens with zero attached hydrogens (tertiary/aromatic N) is 3. The van der Waals surface area contributed by atoms with Crippen LogP contribution in [0.3, 0.4) is 0 Å². The summed E-state index contributed by atoms with van der Waals surface area (Å²) >= 11 is 0. The van der Waals surface area contributed by atoms with Crippen LogP contribution in [0.4, 0.5) is 17.2 Å². The molecule has 0 bridgehead atoms. The van der Waals surface area contributed by atoms with Crippen LogP contribution in [-0.2, 0) is 9.53 Å². The van der Waals surface area contributed by atoms with Gasteiger partial charge in [0.1, 0.15) is 18.2 Å². The molecule has 2 heterocycles. The zero-order valence-corrected chi connectivity index (χ0v) is 22.0. The van der Waals surface area contributed by atoms with Crippen molar-refractivity contribution in [3.8, 4) is 17.1 Å². The molecule has 0 aliphatic heterocycles. The molecule has 38 heavy (non-hydrogen) atoms. The van der Waals surface area contributed by atoms with Crippen LogP contribution in [0, 0.1) is 0 Å². The van der Waals surface area contributed by atoms with Gasteiger partial charge >= 0.3 is 0 Å². The van der Waals surface area contributed by atoms with E-state index in [1.807, 2.05) is 67.6 Å². The van der Waals surface area contributed by atoms with Crippen LogP contribution in [-0.4, -0.2) is 46.4 Å². The average Bonchev–Trinajstić information content (AvgIpc) is 3.37. The molecule has 0 atom stereocenters. The minimum absolute atomic E-state index is 0. The molecule has 5 aromatic rings. The Labute approximate surface area is 226 Å². The van der Waals surface area contributed by atoms with Gasteiger partial charge < -0.3 is 20.1 Å². The number of fused-ring (bicyclic) bond motifs is 2. The Bertz CT molecular complexity index is 1550. The standard InChI is InChI=1S/C28H28N6O3.ClH/c1-3-5-26(35)30-20-7-4-6-18(14-20)27-32-25-11-9-22(37-13-12-36-2)16-23(25)28(33-27)31-21-8-10-24-19(15-21)17-29-34-24;/h4,6-11,14-17H,3,5,12-13H2,1-2H3,(H,29,34)(H,30,35)(H,31,32,33);1H. The highest BCUT2D eigenvalue weighted by Gasteiger charge is 2.13. The maximum atomic E-state index is 12.1. The summed E-state index contributed by atoms with van der Waals surface area (Å²) in [5.41, 5.74) is 4.09. The topological polar surface area (TPSA) is 114 Å². The van der Waals surface area contributed by atoms with Crippen molar-refractivity contribution in [2.75, 3.05) is 31.0 Å². The van der Waals surface area contributed by atoms with E-state index in [-0.39, 0.29) is 18.3 Å². The van der Waals surface area contributed by atoms with Gasteiger partial charge in [0.25, 0.3) is 0 Å². The number of amides is 1. The summed E-state index contributed by atoms with van der Waals surface area (Å²) < 4.78 is 10.9. The molecule has 1 amide bonds. The first-order chi connectivity index (χ1) is 18.1. The van der Waals surface area contributed by atoms with E-state index in [0.29, 0.717) is 42.7 Å². The lowest BCUT2D eigenvalue weighted by molar-refractivity contribution is -0.116. The molecule has 0 saturated carbocycles. The number of ether oxygens (including phenoxy) is 2. The second-order valence-electron chi connectivity index (χ2n) is 8.59. The monoisotopic (exact) mass is 532 g/mol. The number of carbonyl (C=O) groups is 1. The highest BCUT2D eigenvalue weighted by atomic mass is 35.5. The number of anilines is 3. The van der Waals surface area contributed by atoms with Gasteiger partial charge in [0.2, 0.25) is 5.91 Å². The number of H-pyrrole nitrogens is 1. The first-order valence-corrected chi connectivity index (χ1v) is 12.2. The van der Waals surface area contributed by atoms with Gasteiger partial charge in [-0.1, -0.05) is 19.1 Å². The Morgan fingerprint density at radius 2 is 1.89 bits per heavy atom. The Hall–Kier alpha value is -4.21. The lowest BCUT2D eigenvalue weighted by Crippen LogP contribution is -2.10. The molecule has 0 aliphatic carbocycles. The van der Waals surface area contributed by atoms with Crippen LogP contribution in [0.15, 0.2) is 66.9 Å². The molecule has 196 valence electrons. The van der Waals surface area contributed by atoms with E-state index in [9.17, 15) is 4.79 Å². The summed E-state index contributed by atoms with van der Waals surface area (Å²) in [5, 5.41) is 15.3. The van der Waals surface area contributed by atoms with Crippen LogP contribution in [0.25, 0.3) is 33.2 Å². The maximum Gasteiger partial charge on any atom is 0.224 e. The molecule has 5 rings (SSSR count). The molecule has 0 saturated heterocycles. The highest BCUT2D eigenvalue weighted by Crippen LogP contribution is 2.31. The second kappa shape index (κ2) is 12.4. The first-order valence-electron chi connectivity index (χ1n) is 12.2. The van der Waals surface area contributed by atoms with E-state index in [0.717, 1.165) is 39.5 Å². The Kier molecular flexibility index (Phi) is 8.73. The number of aromatic nitrogens is 4. The largest absolute Gasteiger partial charge is 0.491 e. The van der Waals surface area contributed by atoms with Crippen LogP contribution >= 0.6 is 12.4 Å². The minimum Gasteiger partial charge on any atom is -0.491 e. The predicted octanol–water partition coefficient (Wildman–Crippen LogP) is 6.10. The van der Waals surface area contributed by atoms with Crippen molar-refractivity contribution in [1.82, 2.24) is 20.2 Å². The van der Waals surface area contributed by atoms with Crippen molar-refractivity contribution in [2.45, 2.75) is 19.8 Å². The molecule has 0 radical (unpaired) electrons. The molecule has 10 heteroatoms. The first kappa shape index (κ1) is 26.8. The summed E-state index contributed by atoms with van der Waals surface area (Å²) in [6.45, 7) is 2.91. The molecular formula is C28H29ClN6O3. The zero-order chi connectivity index (χ0) is 25.6. The number of benzene rings is 3. The zero-order valence-electron chi connectivity index (χ0n) is 21.2. The lowest BCUT2D eigenvalue weighted by atomic mass is 10.1. The number of carbonyl (C=O) groups excluding carboxylic acids is 1. The molecule has 3 aromatic carbocycles. The molecule has 0 aliphatic rings. The van der Waals surface area contributed by atoms with Crippen molar-refractivity contribution < 1.29 is 14.3 Å². The van der Waals surface area contributed by atoms with Gasteiger partial charge in [0.15, 0.2) is 5.82 Å². The molecule has 9 nitrogen and oxygen atoms in total. The quantitative estimate of drug-likeness (QED) is 0.186. The van der Waals surface area contributed by atoms with Crippen LogP contribution in [0.2, 0.25) is 0 Å². The normalized spacial score (nSPS) is 10.8.